The summed E-state index contributed by atoms with van der Waals surface area (Å²) in [6.07, 6.45) is 6.96. The molecule has 2 saturated heterocycles. The Morgan fingerprint density at radius 3 is 2.55 bits per heavy atom. The minimum absolute atomic E-state index is 0.0282. The van der Waals surface area contributed by atoms with Crippen molar-refractivity contribution >= 4 is 11.8 Å². The zero-order valence-corrected chi connectivity index (χ0v) is 18.2. The number of nitrogens with zero attached hydrogens (tertiary/aromatic N) is 4. The molecule has 0 aliphatic carbocycles. The molecule has 0 spiro atoms. The average Bonchev–Trinajstić information content (AvgIpc) is 3.34. The van der Waals surface area contributed by atoms with E-state index >= 15 is 0 Å². The first-order chi connectivity index (χ1) is 15.1. The van der Waals surface area contributed by atoms with Crippen LogP contribution in [-0.2, 0) is 11.3 Å². The highest BCUT2D eigenvalue weighted by Crippen LogP contribution is 2.29. The van der Waals surface area contributed by atoms with E-state index in [0.29, 0.717) is 30.2 Å². The fraction of sp³-hybridized carbons (Fsp3) is 0.500. The zero-order valence-electron chi connectivity index (χ0n) is 18.2. The van der Waals surface area contributed by atoms with Crippen LogP contribution in [0, 0.1) is 6.92 Å². The number of aryl methyl sites for hydroxylation is 1. The highest BCUT2D eigenvalue weighted by Gasteiger charge is 2.30. The molecule has 0 saturated carbocycles. The van der Waals surface area contributed by atoms with Crippen LogP contribution in [0.2, 0.25) is 0 Å². The number of benzene rings is 1. The van der Waals surface area contributed by atoms with E-state index in [-0.39, 0.29) is 17.9 Å². The second-order valence-corrected chi connectivity index (χ2v) is 8.47. The molecule has 2 fully saturated rings. The lowest BCUT2D eigenvalue weighted by molar-refractivity contribution is -0.132. The molecule has 7 nitrogen and oxygen atoms in total. The van der Waals surface area contributed by atoms with E-state index in [1.165, 1.54) is 0 Å². The summed E-state index contributed by atoms with van der Waals surface area (Å²) in [6.45, 7) is 5.37. The van der Waals surface area contributed by atoms with E-state index in [1.54, 1.807) is 6.20 Å². The molecular formula is C24H31N5O2. The van der Waals surface area contributed by atoms with E-state index in [0.717, 1.165) is 57.3 Å². The van der Waals surface area contributed by atoms with Gasteiger partial charge in [-0.1, -0.05) is 36.8 Å². The predicted octanol–water partition coefficient (Wildman–Crippen LogP) is 2.86. The van der Waals surface area contributed by atoms with Crippen molar-refractivity contribution < 1.29 is 9.59 Å². The van der Waals surface area contributed by atoms with Crippen LogP contribution in [0.4, 0.5) is 0 Å². The van der Waals surface area contributed by atoms with E-state index < -0.39 is 0 Å². The van der Waals surface area contributed by atoms with Gasteiger partial charge in [-0.25, -0.2) is 9.97 Å². The van der Waals surface area contributed by atoms with Gasteiger partial charge < -0.3 is 10.2 Å². The number of amides is 2. The van der Waals surface area contributed by atoms with E-state index in [9.17, 15) is 9.59 Å². The normalized spacial score (nSPS) is 19.4. The number of nitrogens with one attached hydrogen (secondary N) is 1. The van der Waals surface area contributed by atoms with Crippen molar-refractivity contribution in [1.29, 1.82) is 0 Å². The van der Waals surface area contributed by atoms with Crippen LogP contribution in [0.25, 0.3) is 0 Å². The van der Waals surface area contributed by atoms with Crippen LogP contribution in [0.3, 0.4) is 0 Å². The molecule has 2 aliphatic rings. The van der Waals surface area contributed by atoms with E-state index in [2.05, 4.69) is 20.2 Å². The van der Waals surface area contributed by atoms with Crippen LogP contribution in [-0.4, -0.2) is 57.8 Å². The SMILES string of the molecule is Cc1nc(C2CCCCN2CC(=O)N2CCCC2)ncc1C(=O)NCc1ccccc1. The first-order valence-corrected chi connectivity index (χ1v) is 11.3. The standard InChI is InChI=1S/C24H31N5O2/c1-18-20(24(31)26-15-19-9-3-2-4-10-19)16-25-23(27-18)21-11-5-6-14-29(21)17-22(30)28-12-7-8-13-28/h2-4,9-10,16,21H,5-8,11-15,17H2,1H3,(H,26,31). The number of rotatable bonds is 6. The lowest BCUT2D eigenvalue weighted by Gasteiger charge is -2.35. The van der Waals surface area contributed by atoms with Gasteiger partial charge in [0.1, 0.15) is 5.82 Å². The van der Waals surface area contributed by atoms with Crippen LogP contribution in [0.5, 0.6) is 0 Å². The monoisotopic (exact) mass is 421 g/mol. The Labute approximate surface area is 183 Å². The quantitative estimate of drug-likeness (QED) is 0.776. The molecule has 2 amide bonds. The third-order valence-corrected chi connectivity index (χ3v) is 6.25. The maximum atomic E-state index is 12.7. The van der Waals surface area contributed by atoms with Crippen molar-refractivity contribution in [2.45, 2.75) is 51.6 Å². The maximum Gasteiger partial charge on any atom is 0.254 e. The summed E-state index contributed by atoms with van der Waals surface area (Å²) in [5.74, 6) is 0.752. The molecule has 0 bridgehead atoms. The van der Waals surface area contributed by atoms with Gasteiger partial charge in [0.2, 0.25) is 5.91 Å². The Balaban J connectivity index is 1.42. The summed E-state index contributed by atoms with van der Waals surface area (Å²) in [4.78, 5) is 38.7. The number of likely N-dealkylation sites (tertiary alicyclic amines) is 2. The second-order valence-electron chi connectivity index (χ2n) is 8.47. The Morgan fingerprint density at radius 2 is 1.81 bits per heavy atom. The van der Waals surface area contributed by atoms with Gasteiger partial charge in [-0.2, -0.15) is 0 Å². The van der Waals surface area contributed by atoms with Crippen LogP contribution in [0.1, 0.15) is 65.6 Å². The fourth-order valence-corrected chi connectivity index (χ4v) is 4.45. The van der Waals surface area contributed by atoms with E-state index in [4.69, 9.17) is 0 Å². The summed E-state index contributed by atoms with van der Waals surface area (Å²) < 4.78 is 0. The molecule has 7 heteroatoms. The number of carbonyl (C=O) groups excluding carboxylic acids is 2. The van der Waals surface area contributed by atoms with Gasteiger partial charge in [0, 0.05) is 25.8 Å². The Morgan fingerprint density at radius 1 is 1.06 bits per heavy atom. The Bertz CT molecular complexity index is 911. The molecule has 1 aromatic heterocycles. The molecule has 1 N–H and O–H groups in total. The molecular weight excluding hydrogens is 390 g/mol. The third-order valence-electron chi connectivity index (χ3n) is 6.25. The lowest BCUT2D eigenvalue weighted by Crippen LogP contribution is -2.43. The minimum Gasteiger partial charge on any atom is -0.348 e. The lowest BCUT2D eigenvalue weighted by atomic mass is 10.0. The van der Waals surface area contributed by atoms with Gasteiger partial charge in [-0.3, -0.25) is 14.5 Å². The van der Waals surface area contributed by atoms with E-state index in [1.807, 2.05) is 42.2 Å². The van der Waals surface area contributed by atoms with Crippen molar-refractivity contribution in [3.8, 4) is 0 Å². The first kappa shape index (κ1) is 21.4. The minimum atomic E-state index is -0.169. The summed E-state index contributed by atoms with van der Waals surface area (Å²) in [5, 5.41) is 2.94. The van der Waals surface area contributed by atoms with Crippen molar-refractivity contribution in [2.24, 2.45) is 0 Å². The molecule has 31 heavy (non-hydrogen) atoms. The van der Waals surface area contributed by atoms with Gasteiger partial charge in [-0.15, -0.1) is 0 Å². The zero-order chi connectivity index (χ0) is 21.6. The van der Waals surface area contributed by atoms with Crippen molar-refractivity contribution in [2.75, 3.05) is 26.2 Å². The van der Waals surface area contributed by atoms with Gasteiger partial charge >= 0.3 is 0 Å². The van der Waals surface area contributed by atoms with Crippen molar-refractivity contribution in [3.63, 3.8) is 0 Å². The second kappa shape index (κ2) is 10.0. The Kier molecular flexibility index (Phi) is 6.92. The molecule has 1 atom stereocenters. The summed E-state index contributed by atoms with van der Waals surface area (Å²) in [6, 6.07) is 9.85. The predicted molar refractivity (Wildman–Crippen MR) is 118 cm³/mol. The molecule has 164 valence electrons. The smallest absolute Gasteiger partial charge is 0.254 e. The van der Waals surface area contributed by atoms with Crippen LogP contribution in [0.15, 0.2) is 36.5 Å². The first-order valence-electron chi connectivity index (χ1n) is 11.3. The van der Waals surface area contributed by atoms with Gasteiger partial charge in [0.15, 0.2) is 0 Å². The van der Waals surface area contributed by atoms with Crippen molar-refractivity contribution in [3.05, 3.63) is 59.2 Å². The third kappa shape index (κ3) is 5.28. The molecule has 2 aliphatic heterocycles. The maximum absolute atomic E-state index is 12.7. The summed E-state index contributed by atoms with van der Waals surface area (Å²) in [7, 11) is 0. The molecule has 2 aromatic rings. The number of aromatic nitrogens is 2. The molecule has 4 rings (SSSR count). The molecule has 0 radical (unpaired) electrons. The highest BCUT2D eigenvalue weighted by atomic mass is 16.2. The van der Waals surface area contributed by atoms with Crippen LogP contribution >= 0.6 is 0 Å². The largest absolute Gasteiger partial charge is 0.348 e. The fourth-order valence-electron chi connectivity index (χ4n) is 4.45. The topological polar surface area (TPSA) is 78.4 Å². The van der Waals surface area contributed by atoms with Gasteiger partial charge in [-0.05, 0) is 44.7 Å². The van der Waals surface area contributed by atoms with Gasteiger partial charge in [0.25, 0.3) is 5.91 Å². The van der Waals surface area contributed by atoms with Crippen LogP contribution < -0.4 is 5.32 Å². The number of hydrogen-bond acceptors (Lipinski definition) is 5. The average molecular weight is 422 g/mol. The summed E-state index contributed by atoms with van der Waals surface area (Å²) >= 11 is 0. The number of carbonyl (C=O) groups is 2. The highest BCUT2D eigenvalue weighted by molar-refractivity contribution is 5.94. The number of piperidine rings is 1. The summed E-state index contributed by atoms with van der Waals surface area (Å²) in [5.41, 5.74) is 2.22. The molecule has 3 heterocycles. The Hall–Kier alpha value is -2.80. The number of hydrogen-bond donors (Lipinski definition) is 1. The molecule has 1 unspecified atom stereocenters. The van der Waals surface area contributed by atoms with Gasteiger partial charge in [0.05, 0.1) is 23.8 Å². The molecule has 1 aromatic carbocycles. The van der Waals surface area contributed by atoms with Crippen molar-refractivity contribution in [1.82, 2.24) is 25.1 Å².